The molecule has 0 aromatic rings. The van der Waals surface area contributed by atoms with Crippen LogP contribution in [0.3, 0.4) is 0 Å². The number of ether oxygens (including phenoxy) is 2. The Kier molecular flexibility index (Phi) is 5.75. The monoisotopic (exact) mass is 342 g/mol. The Hall–Kier alpha value is -0.710. The largest absolute Gasteiger partial charge is 0.390 e. The van der Waals surface area contributed by atoms with Crippen molar-refractivity contribution in [1.82, 2.24) is 0 Å². The molecule has 5 heteroatoms. The number of halogens is 1. The molecule has 0 unspecified atom stereocenters. The third-order valence-corrected chi connectivity index (χ3v) is 3.83. The van der Waals surface area contributed by atoms with Gasteiger partial charge in [-0.3, -0.25) is 4.79 Å². The minimum atomic E-state index is -0.681. The summed E-state index contributed by atoms with van der Waals surface area (Å²) >= 11 is 3.16. The third-order valence-electron chi connectivity index (χ3n) is 3.57. The van der Waals surface area contributed by atoms with E-state index in [0.717, 1.165) is 0 Å². The summed E-state index contributed by atoms with van der Waals surface area (Å²) < 4.78 is 11.9. The number of fused-ring (bicyclic) bond motifs is 2. The maximum Gasteiger partial charge on any atom is 0.136 e. The number of hydrogen-bond acceptors (Lipinski definition) is 4. The Labute approximate surface area is 127 Å². The SMILES string of the molecule is C[C@@H]1O[C@H](C=C=CBr)[C@H]2/C=C\CC(=O)CC[C@@H](O)[C@@H]1O2. The Morgan fingerprint density at radius 1 is 1.50 bits per heavy atom. The van der Waals surface area contributed by atoms with Gasteiger partial charge in [-0.1, -0.05) is 28.1 Å². The van der Waals surface area contributed by atoms with E-state index in [-0.39, 0.29) is 24.1 Å². The fourth-order valence-electron chi connectivity index (χ4n) is 2.50. The molecule has 0 amide bonds. The number of carbonyl (C=O) groups excluding carboxylic acids is 1. The summed E-state index contributed by atoms with van der Waals surface area (Å²) in [6, 6.07) is 0. The van der Waals surface area contributed by atoms with Crippen LogP contribution in [0, 0.1) is 0 Å². The van der Waals surface area contributed by atoms with Crippen molar-refractivity contribution in [3.8, 4) is 0 Å². The summed E-state index contributed by atoms with van der Waals surface area (Å²) in [7, 11) is 0. The fourth-order valence-corrected chi connectivity index (χ4v) is 2.66. The average Bonchev–Trinajstić information content (AvgIpc) is 2.43. The molecule has 0 aliphatic carbocycles. The zero-order chi connectivity index (χ0) is 14.5. The highest BCUT2D eigenvalue weighted by atomic mass is 79.9. The van der Waals surface area contributed by atoms with Crippen molar-refractivity contribution in [2.45, 2.75) is 56.7 Å². The van der Waals surface area contributed by atoms with Gasteiger partial charge in [-0.25, -0.2) is 0 Å². The molecule has 0 spiro atoms. The molecule has 0 radical (unpaired) electrons. The maximum absolute atomic E-state index is 11.6. The molecular formula is C15H19BrO4. The van der Waals surface area contributed by atoms with Gasteiger partial charge in [0.05, 0.1) is 12.2 Å². The van der Waals surface area contributed by atoms with Gasteiger partial charge in [0.1, 0.15) is 24.1 Å². The van der Waals surface area contributed by atoms with E-state index in [0.29, 0.717) is 19.3 Å². The number of carbonyl (C=O) groups is 1. The molecule has 2 aliphatic rings. The molecule has 2 bridgehead atoms. The van der Waals surface area contributed by atoms with Crippen LogP contribution in [0.2, 0.25) is 0 Å². The van der Waals surface area contributed by atoms with Gasteiger partial charge >= 0.3 is 0 Å². The Bertz CT molecular complexity index is 439. The van der Waals surface area contributed by atoms with Gasteiger partial charge in [-0.15, -0.1) is 5.73 Å². The first kappa shape index (κ1) is 15.7. The minimum absolute atomic E-state index is 0.140. The molecule has 1 N–H and O–H groups in total. The van der Waals surface area contributed by atoms with E-state index in [4.69, 9.17) is 9.47 Å². The zero-order valence-corrected chi connectivity index (χ0v) is 13.0. The van der Waals surface area contributed by atoms with Gasteiger partial charge in [0.25, 0.3) is 0 Å². The molecule has 20 heavy (non-hydrogen) atoms. The predicted molar refractivity (Wildman–Crippen MR) is 78.6 cm³/mol. The van der Waals surface area contributed by atoms with E-state index in [2.05, 4.69) is 21.7 Å². The molecule has 0 aromatic heterocycles. The molecule has 2 heterocycles. The number of allylic oxidation sites excluding steroid dienone is 1. The van der Waals surface area contributed by atoms with Crippen molar-refractivity contribution in [3.63, 3.8) is 0 Å². The second kappa shape index (κ2) is 7.34. The smallest absolute Gasteiger partial charge is 0.136 e. The van der Waals surface area contributed by atoms with Crippen LogP contribution in [-0.4, -0.2) is 41.4 Å². The second-order valence-electron chi connectivity index (χ2n) is 5.09. The van der Waals surface area contributed by atoms with Gasteiger partial charge in [0.2, 0.25) is 0 Å². The molecule has 0 saturated carbocycles. The van der Waals surface area contributed by atoms with E-state index in [1.54, 1.807) is 11.1 Å². The maximum atomic E-state index is 11.6. The molecule has 110 valence electrons. The lowest BCUT2D eigenvalue weighted by Crippen LogP contribution is -2.51. The van der Waals surface area contributed by atoms with Gasteiger partial charge in [-0.05, 0) is 19.4 Å². The predicted octanol–water partition coefficient (Wildman–Crippen LogP) is 2.26. The number of rotatable bonds is 1. The summed E-state index contributed by atoms with van der Waals surface area (Å²) in [5.74, 6) is 0.140. The van der Waals surface area contributed by atoms with Crippen molar-refractivity contribution in [3.05, 3.63) is 28.9 Å². The van der Waals surface area contributed by atoms with Gasteiger partial charge in [0.15, 0.2) is 0 Å². The van der Waals surface area contributed by atoms with E-state index in [1.165, 1.54) is 0 Å². The Morgan fingerprint density at radius 2 is 2.30 bits per heavy atom. The van der Waals surface area contributed by atoms with E-state index >= 15 is 0 Å². The number of hydrogen-bond donors (Lipinski definition) is 1. The molecule has 1 fully saturated rings. The first-order valence-corrected chi connectivity index (χ1v) is 7.72. The minimum Gasteiger partial charge on any atom is -0.390 e. The number of aliphatic hydroxyl groups excluding tert-OH is 1. The van der Waals surface area contributed by atoms with Crippen LogP contribution in [0.4, 0.5) is 0 Å². The Morgan fingerprint density at radius 3 is 3.05 bits per heavy atom. The van der Waals surface area contributed by atoms with Crippen molar-refractivity contribution < 1.29 is 19.4 Å². The number of aliphatic hydroxyl groups is 1. The van der Waals surface area contributed by atoms with E-state index < -0.39 is 12.2 Å². The Balaban J connectivity index is 2.23. The first-order valence-electron chi connectivity index (χ1n) is 6.80. The van der Waals surface area contributed by atoms with Crippen LogP contribution >= 0.6 is 15.9 Å². The number of Topliss-reactive ketones (excluding diaryl/α,β-unsaturated/α-hetero) is 1. The topological polar surface area (TPSA) is 55.8 Å². The summed E-state index contributed by atoms with van der Waals surface area (Å²) in [5, 5.41) is 10.2. The highest BCUT2D eigenvalue weighted by Gasteiger charge is 2.38. The molecule has 1 saturated heterocycles. The molecule has 2 aliphatic heterocycles. The quantitative estimate of drug-likeness (QED) is 0.586. The van der Waals surface area contributed by atoms with Crippen molar-refractivity contribution >= 4 is 21.7 Å². The van der Waals surface area contributed by atoms with Crippen LogP contribution in [0.15, 0.2) is 28.9 Å². The molecule has 5 atom stereocenters. The third kappa shape index (κ3) is 3.90. The molecule has 4 nitrogen and oxygen atoms in total. The molecule has 2 rings (SSSR count). The second-order valence-corrected chi connectivity index (χ2v) is 5.55. The summed E-state index contributed by atoms with van der Waals surface area (Å²) in [4.78, 5) is 13.3. The average molecular weight is 343 g/mol. The van der Waals surface area contributed by atoms with Crippen LogP contribution in [0.1, 0.15) is 26.2 Å². The molecule has 0 aromatic carbocycles. The highest BCUT2D eigenvalue weighted by molar-refractivity contribution is 9.11. The van der Waals surface area contributed by atoms with Crippen LogP contribution in [0.5, 0.6) is 0 Å². The van der Waals surface area contributed by atoms with Gasteiger partial charge < -0.3 is 14.6 Å². The summed E-state index contributed by atoms with van der Waals surface area (Å²) in [6.45, 7) is 1.88. The highest BCUT2D eigenvalue weighted by Crippen LogP contribution is 2.27. The van der Waals surface area contributed by atoms with Gasteiger partial charge in [0, 0.05) is 17.8 Å². The fraction of sp³-hybridized carbons (Fsp3) is 0.600. The lowest BCUT2D eigenvalue weighted by atomic mass is 9.97. The first-order chi connectivity index (χ1) is 9.61. The standard InChI is InChI=1S/C15H19BrO4/c1-10-15-12(18)8-7-11(17)4-2-5-14(20-15)13(19-10)6-3-9-16/h2,5-6,9-10,12-15,18H,4,7-8H2,1H3/b5-2-/t3?,10-,12+,13+,14+,15+/m0/s1. The van der Waals surface area contributed by atoms with Crippen LogP contribution < -0.4 is 0 Å². The van der Waals surface area contributed by atoms with Crippen LogP contribution in [0.25, 0.3) is 0 Å². The van der Waals surface area contributed by atoms with Crippen LogP contribution in [-0.2, 0) is 14.3 Å². The lowest BCUT2D eigenvalue weighted by molar-refractivity contribution is -0.214. The summed E-state index contributed by atoms with van der Waals surface area (Å²) in [6.07, 6.45) is 4.69. The number of ketones is 1. The molecular weight excluding hydrogens is 324 g/mol. The summed E-state index contributed by atoms with van der Waals surface area (Å²) in [5.41, 5.74) is 2.92. The van der Waals surface area contributed by atoms with E-state index in [9.17, 15) is 9.90 Å². The van der Waals surface area contributed by atoms with Gasteiger partial charge in [-0.2, -0.15) is 0 Å². The zero-order valence-electron chi connectivity index (χ0n) is 11.4. The van der Waals surface area contributed by atoms with Crippen molar-refractivity contribution in [2.24, 2.45) is 0 Å². The van der Waals surface area contributed by atoms with Crippen molar-refractivity contribution in [2.75, 3.05) is 0 Å². The normalized spacial score (nSPS) is 39.5. The lowest BCUT2D eigenvalue weighted by Gasteiger charge is -2.40. The van der Waals surface area contributed by atoms with Crippen molar-refractivity contribution in [1.29, 1.82) is 0 Å². The van der Waals surface area contributed by atoms with E-state index in [1.807, 2.05) is 19.1 Å².